The number of nitrogens with one attached hydrogen (secondary N) is 1. The highest BCUT2D eigenvalue weighted by atomic mass is 16.3. The molecule has 0 radical (unpaired) electrons. The topological polar surface area (TPSA) is 35.5 Å². The van der Waals surface area contributed by atoms with Crippen molar-refractivity contribution in [3.63, 3.8) is 0 Å². The third kappa shape index (κ3) is 5.71. The average molecular weight is 282 g/mol. The van der Waals surface area contributed by atoms with Crippen molar-refractivity contribution in [3.05, 3.63) is 0 Å². The van der Waals surface area contributed by atoms with E-state index in [1.165, 1.54) is 64.6 Å². The lowest BCUT2D eigenvalue weighted by Gasteiger charge is -2.31. The summed E-state index contributed by atoms with van der Waals surface area (Å²) in [5.74, 6) is 1.58. The Hall–Kier alpha value is -0.120. The normalized spacial score (nSPS) is 26.2. The molecule has 2 atom stereocenters. The van der Waals surface area contributed by atoms with Gasteiger partial charge in [-0.3, -0.25) is 0 Å². The molecule has 2 aliphatic rings. The minimum absolute atomic E-state index is 0.110. The Kier molecular flexibility index (Phi) is 7.32. The molecule has 3 heteroatoms. The fourth-order valence-corrected chi connectivity index (χ4v) is 4.02. The molecule has 118 valence electrons. The number of rotatable bonds is 8. The summed E-state index contributed by atoms with van der Waals surface area (Å²) in [6.45, 7) is 7.80. The first kappa shape index (κ1) is 16.3. The van der Waals surface area contributed by atoms with Crippen LogP contribution in [0.1, 0.15) is 58.3 Å². The number of hydrogen-bond donors (Lipinski definition) is 2. The van der Waals surface area contributed by atoms with Crippen molar-refractivity contribution in [1.82, 2.24) is 10.2 Å². The highest BCUT2D eigenvalue weighted by molar-refractivity contribution is 4.77. The minimum Gasteiger partial charge on any atom is -0.392 e. The predicted molar refractivity (Wildman–Crippen MR) is 84.9 cm³/mol. The predicted octanol–water partition coefficient (Wildman–Crippen LogP) is 2.64. The maximum absolute atomic E-state index is 10.4. The van der Waals surface area contributed by atoms with E-state index in [2.05, 4.69) is 17.1 Å². The number of nitrogens with zero attached hydrogens (tertiary/aromatic N) is 1. The zero-order chi connectivity index (χ0) is 14.2. The Morgan fingerprint density at radius 2 is 1.90 bits per heavy atom. The monoisotopic (exact) mass is 282 g/mol. The van der Waals surface area contributed by atoms with Crippen molar-refractivity contribution in [2.24, 2.45) is 11.8 Å². The molecular formula is C17H34N2O. The van der Waals surface area contributed by atoms with E-state index in [0.717, 1.165) is 31.3 Å². The average Bonchev–Trinajstić information content (AvgIpc) is 2.93. The van der Waals surface area contributed by atoms with Crippen LogP contribution in [0.3, 0.4) is 0 Å². The lowest BCUT2D eigenvalue weighted by atomic mass is 9.97. The second-order valence-corrected chi connectivity index (χ2v) is 7.01. The van der Waals surface area contributed by atoms with E-state index < -0.39 is 0 Å². The smallest absolute Gasteiger partial charge is 0.0669 e. The fourth-order valence-electron chi connectivity index (χ4n) is 4.02. The Labute approximate surface area is 125 Å². The van der Waals surface area contributed by atoms with Crippen LogP contribution in [0.15, 0.2) is 0 Å². The molecule has 2 rings (SSSR count). The van der Waals surface area contributed by atoms with Crippen LogP contribution in [0, 0.1) is 11.8 Å². The van der Waals surface area contributed by atoms with Crippen LogP contribution in [-0.4, -0.2) is 48.8 Å². The number of aliphatic hydroxyl groups is 1. The van der Waals surface area contributed by atoms with Crippen LogP contribution in [0.4, 0.5) is 0 Å². The second-order valence-electron chi connectivity index (χ2n) is 7.01. The van der Waals surface area contributed by atoms with Crippen molar-refractivity contribution in [1.29, 1.82) is 0 Å². The summed E-state index contributed by atoms with van der Waals surface area (Å²) in [5.41, 5.74) is 0. The number of hydrogen-bond acceptors (Lipinski definition) is 3. The molecule has 1 saturated carbocycles. The van der Waals surface area contributed by atoms with Crippen LogP contribution in [-0.2, 0) is 0 Å². The summed E-state index contributed by atoms with van der Waals surface area (Å²) < 4.78 is 0. The van der Waals surface area contributed by atoms with Crippen LogP contribution < -0.4 is 5.32 Å². The number of piperidine rings is 1. The lowest BCUT2D eigenvalue weighted by molar-refractivity contribution is 0.0808. The second kappa shape index (κ2) is 9.01. The molecule has 0 aromatic heterocycles. The van der Waals surface area contributed by atoms with Gasteiger partial charge in [0.15, 0.2) is 0 Å². The third-order valence-corrected chi connectivity index (χ3v) is 5.00. The summed E-state index contributed by atoms with van der Waals surface area (Å²) in [5, 5.41) is 13.9. The zero-order valence-electron chi connectivity index (χ0n) is 13.3. The number of aliphatic hydroxyl groups excluding tert-OH is 1. The molecule has 2 unspecified atom stereocenters. The first-order valence-corrected chi connectivity index (χ1v) is 8.89. The van der Waals surface area contributed by atoms with Crippen molar-refractivity contribution >= 4 is 0 Å². The summed E-state index contributed by atoms with van der Waals surface area (Å²) in [6, 6.07) is 0. The van der Waals surface area contributed by atoms with Crippen LogP contribution in [0.5, 0.6) is 0 Å². The Morgan fingerprint density at radius 3 is 2.55 bits per heavy atom. The maximum Gasteiger partial charge on any atom is 0.0669 e. The standard InChI is InChI=1S/C17H34N2O/c1-2-10-19(13-16-8-5-9-18-12-16)14-17(20)11-15-6-3-4-7-15/h15-18,20H,2-14H2,1H3. The quantitative estimate of drug-likeness (QED) is 0.718. The summed E-state index contributed by atoms with van der Waals surface area (Å²) in [4.78, 5) is 2.51. The molecule has 0 spiro atoms. The van der Waals surface area contributed by atoms with E-state index >= 15 is 0 Å². The van der Waals surface area contributed by atoms with Crippen LogP contribution in [0.2, 0.25) is 0 Å². The van der Waals surface area contributed by atoms with Gasteiger partial charge in [-0.05, 0) is 57.2 Å². The summed E-state index contributed by atoms with van der Waals surface area (Å²) in [7, 11) is 0. The molecule has 0 amide bonds. The van der Waals surface area contributed by atoms with E-state index in [0.29, 0.717) is 0 Å². The highest BCUT2D eigenvalue weighted by Gasteiger charge is 2.22. The van der Waals surface area contributed by atoms with Crippen molar-refractivity contribution in [3.8, 4) is 0 Å². The van der Waals surface area contributed by atoms with Crippen molar-refractivity contribution in [2.45, 2.75) is 64.4 Å². The van der Waals surface area contributed by atoms with Gasteiger partial charge in [0.05, 0.1) is 6.10 Å². The Balaban J connectivity index is 1.71. The van der Waals surface area contributed by atoms with Crippen LogP contribution >= 0.6 is 0 Å². The van der Waals surface area contributed by atoms with Gasteiger partial charge in [0, 0.05) is 13.1 Å². The van der Waals surface area contributed by atoms with Gasteiger partial charge < -0.3 is 15.3 Å². The Bertz CT molecular complexity index is 247. The molecular weight excluding hydrogens is 248 g/mol. The van der Waals surface area contributed by atoms with Gasteiger partial charge in [0.1, 0.15) is 0 Å². The van der Waals surface area contributed by atoms with E-state index in [9.17, 15) is 5.11 Å². The minimum atomic E-state index is -0.110. The first-order chi connectivity index (χ1) is 9.78. The molecule has 2 fully saturated rings. The van der Waals surface area contributed by atoms with E-state index in [1.54, 1.807) is 0 Å². The molecule has 1 heterocycles. The summed E-state index contributed by atoms with van der Waals surface area (Å²) in [6.07, 6.45) is 10.2. The molecule has 1 aliphatic heterocycles. The van der Waals surface area contributed by atoms with Gasteiger partial charge in [-0.2, -0.15) is 0 Å². The van der Waals surface area contributed by atoms with Gasteiger partial charge in [-0.15, -0.1) is 0 Å². The first-order valence-electron chi connectivity index (χ1n) is 8.89. The molecule has 0 bridgehead atoms. The van der Waals surface area contributed by atoms with E-state index in [4.69, 9.17) is 0 Å². The van der Waals surface area contributed by atoms with Crippen LogP contribution in [0.25, 0.3) is 0 Å². The van der Waals surface area contributed by atoms with E-state index in [1.807, 2.05) is 0 Å². The molecule has 0 aromatic rings. The lowest BCUT2D eigenvalue weighted by Crippen LogP contribution is -2.41. The largest absolute Gasteiger partial charge is 0.392 e. The molecule has 1 aliphatic carbocycles. The molecule has 0 aromatic carbocycles. The Morgan fingerprint density at radius 1 is 1.15 bits per heavy atom. The van der Waals surface area contributed by atoms with Gasteiger partial charge in [0.2, 0.25) is 0 Å². The van der Waals surface area contributed by atoms with Gasteiger partial charge in [-0.1, -0.05) is 32.6 Å². The highest BCUT2D eigenvalue weighted by Crippen LogP contribution is 2.28. The van der Waals surface area contributed by atoms with Gasteiger partial charge in [-0.25, -0.2) is 0 Å². The van der Waals surface area contributed by atoms with E-state index in [-0.39, 0.29) is 6.10 Å². The summed E-state index contributed by atoms with van der Waals surface area (Å²) >= 11 is 0. The molecule has 2 N–H and O–H groups in total. The van der Waals surface area contributed by atoms with Gasteiger partial charge in [0.25, 0.3) is 0 Å². The fraction of sp³-hybridized carbons (Fsp3) is 1.00. The maximum atomic E-state index is 10.4. The molecule has 3 nitrogen and oxygen atoms in total. The van der Waals surface area contributed by atoms with Crippen molar-refractivity contribution in [2.75, 3.05) is 32.7 Å². The van der Waals surface area contributed by atoms with Gasteiger partial charge >= 0.3 is 0 Å². The van der Waals surface area contributed by atoms with Crippen molar-refractivity contribution < 1.29 is 5.11 Å². The third-order valence-electron chi connectivity index (χ3n) is 5.00. The molecule has 20 heavy (non-hydrogen) atoms. The zero-order valence-corrected chi connectivity index (χ0v) is 13.3. The molecule has 1 saturated heterocycles. The SMILES string of the molecule is CCCN(CC(O)CC1CCCC1)CC1CCCNC1.